The van der Waals surface area contributed by atoms with Gasteiger partial charge in [0.1, 0.15) is 12.4 Å². The second kappa shape index (κ2) is 6.58. The number of nitrogens with zero attached hydrogens (tertiary/aromatic N) is 1. The summed E-state index contributed by atoms with van der Waals surface area (Å²) in [6, 6.07) is 7.53. The third kappa shape index (κ3) is 4.19. The van der Waals surface area contributed by atoms with E-state index in [0.29, 0.717) is 17.7 Å². The zero-order valence-corrected chi connectivity index (χ0v) is 11.4. The Morgan fingerprint density at radius 3 is 2.62 bits per heavy atom. The SMILES string of the molecule is CNCc1ccc(OCc2cccnc2)c(C(F)(F)F)c1. The molecule has 0 spiro atoms. The molecule has 1 aromatic heterocycles. The van der Waals surface area contributed by atoms with E-state index in [1.807, 2.05) is 0 Å². The van der Waals surface area contributed by atoms with E-state index < -0.39 is 11.7 Å². The van der Waals surface area contributed by atoms with E-state index in [1.54, 1.807) is 37.6 Å². The molecule has 6 heteroatoms. The molecule has 0 radical (unpaired) electrons. The molecule has 0 bridgehead atoms. The van der Waals surface area contributed by atoms with Crippen molar-refractivity contribution in [2.45, 2.75) is 19.3 Å². The number of hydrogen-bond donors (Lipinski definition) is 1. The molecule has 1 heterocycles. The zero-order valence-electron chi connectivity index (χ0n) is 11.4. The van der Waals surface area contributed by atoms with Gasteiger partial charge in [-0.15, -0.1) is 0 Å². The first-order valence-corrected chi connectivity index (χ1v) is 6.37. The third-order valence-electron chi connectivity index (χ3n) is 2.85. The number of nitrogens with one attached hydrogen (secondary N) is 1. The average molecular weight is 296 g/mol. The van der Waals surface area contributed by atoms with Crippen molar-refractivity contribution in [1.29, 1.82) is 0 Å². The predicted molar refractivity (Wildman–Crippen MR) is 72.8 cm³/mol. The molecule has 0 saturated carbocycles. The lowest BCUT2D eigenvalue weighted by molar-refractivity contribution is -0.139. The highest BCUT2D eigenvalue weighted by molar-refractivity contribution is 5.39. The van der Waals surface area contributed by atoms with Crippen LogP contribution in [-0.2, 0) is 19.3 Å². The number of ether oxygens (including phenoxy) is 1. The molecule has 0 fully saturated rings. The highest BCUT2D eigenvalue weighted by Crippen LogP contribution is 2.37. The Balaban J connectivity index is 2.21. The quantitative estimate of drug-likeness (QED) is 0.918. The molecular weight excluding hydrogens is 281 g/mol. The summed E-state index contributed by atoms with van der Waals surface area (Å²) in [5, 5.41) is 2.82. The van der Waals surface area contributed by atoms with Crippen molar-refractivity contribution < 1.29 is 17.9 Å². The topological polar surface area (TPSA) is 34.1 Å². The molecule has 1 aromatic carbocycles. The highest BCUT2D eigenvalue weighted by atomic mass is 19.4. The van der Waals surface area contributed by atoms with E-state index in [4.69, 9.17) is 4.74 Å². The van der Waals surface area contributed by atoms with Crippen molar-refractivity contribution in [3.8, 4) is 5.75 Å². The van der Waals surface area contributed by atoms with Crippen molar-refractivity contribution >= 4 is 0 Å². The van der Waals surface area contributed by atoms with Crippen molar-refractivity contribution in [2.24, 2.45) is 0 Å². The van der Waals surface area contributed by atoms with Gasteiger partial charge < -0.3 is 10.1 Å². The summed E-state index contributed by atoms with van der Waals surface area (Å²) in [5.74, 6) is -0.175. The molecule has 21 heavy (non-hydrogen) atoms. The van der Waals surface area contributed by atoms with E-state index in [2.05, 4.69) is 10.3 Å². The summed E-state index contributed by atoms with van der Waals surface area (Å²) in [5.41, 5.74) is 0.502. The van der Waals surface area contributed by atoms with Gasteiger partial charge >= 0.3 is 6.18 Å². The average Bonchev–Trinajstić information content (AvgIpc) is 2.46. The Labute approximate surface area is 120 Å². The molecular formula is C15H15F3N2O. The Kier molecular flexibility index (Phi) is 4.80. The Morgan fingerprint density at radius 1 is 1.19 bits per heavy atom. The standard InChI is InChI=1S/C15H15F3N2O/c1-19-8-11-4-5-14(13(7-11)15(16,17)18)21-10-12-3-2-6-20-9-12/h2-7,9,19H,8,10H2,1H3. The van der Waals surface area contributed by atoms with E-state index in [0.717, 1.165) is 6.07 Å². The fraction of sp³-hybridized carbons (Fsp3) is 0.267. The van der Waals surface area contributed by atoms with E-state index in [1.165, 1.54) is 6.07 Å². The largest absolute Gasteiger partial charge is 0.488 e. The second-order valence-electron chi connectivity index (χ2n) is 4.51. The normalized spacial score (nSPS) is 11.4. The monoisotopic (exact) mass is 296 g/mol. The Morgan fingerprint density at radius 2 is 2.00 bits per heavy atom. The van der Waals surface area contributed by atoms with Gasteiger partial charge in [0.15, 0.2) is 0 Å². The smallest absolute Gasteiger partial charge is 0.419 e. The first-order valence-electron chi connectivity index (χ1n) is 6.37. The van der Waals surface area contributed by atoms with Gasteiger partial charge in [-0.05, 0) is 30.8 Å². The number of benzene rings is 1. The lowest BCUT2D eigenvalue weighted by atomic mass is 10.1. The fourth-order valence-electron chi connectivity index (χ4n) is 1.88. The fourth-order valence-corrected chi connectivity index (χ4v) is 1.88. The van der Waals surface area contributed by atoms with Crippen LogP contribution < -0.4 is 10.1 Å². The molecule has 0 unspecified atom stereocenters. The van der Waals surface area contributed by atoms with Crippen LogP contribution in [0.5, 0.6) is 5.75 Å². The molecule has 0 saturated heterocycles. The molecule has 2 rings (SSSR count). The maximum absolute atomic E-state index is 13.1. The number of alkyl halides is 3. The van der Waals surface area contributed by atoms with Crippen LogP contribution >= 0.6 is 0 Å². The van der Waals surface area contributed by atoms with Crippen LogP contribution in [0, 0.1) is 0 Å². The van der Waals surface area contributed by atoms with Crippen LogP contribution in [0.25, 0.3) is 0 Å². The molecule has 0 aliphatic rings. The van der Waals surface area contributed by atoms with Gasteiger partial charge in [0.2, 0.25) is 0 Å². The first-order chi connectivity index (χ1) is 10.0. The number of rotatable bonds is 5. The van der Waals surface area contributed by atoms with Crippen molar-refractivity contribution in [3.05, 3.63) is 59.4 Å². The van der Waals surface area contributed by atoms with Gasteiger partial charge in [-0.3, -0.25) is 4.98 Å². The highest BCUT2D eigenvalue weighted by Gasteiger charge is 2.34. The van der Waals surface area contributed by atoms with E-state index in [-0.39, 0.29) is 12.4 Å². The molecule has 3 nitrogen and oxygen atoms in total. The van der Waals surface area contributed by atoms with Crippen molar-refractivity contribution in [3.63, 3.8) is 0 Å². The van der Waals surface area contributed by atoms with Gasteiger partial charge in [0.25, 0.3) is 0 Å². The molecule has 0 amide bonds. The third-order valence-corrected chi connectivity index (χ3v) is 2.85. The van der Waals surface area contributed by atoms with Crippen LogP contribution in [0.2, 0.25) is 0 Å². The van der Waals surface area contributed by atoms with E-state index >= 15 is 0 Å². The molecule has 112 valence electrons. The van der Waals surface area contributed by atoms with Crippen molar-refractivity contribution in [1.82, 2.24) is 10.3 Å². The van der Waals surface area contributed by atoms with Gasteiger partial charge in [-0.2, -0.15) is 13.2 Å². The lowest BCUT2D eigenvalue weighted by Crippen LogP contribution is -2.11. The van der Waals surface area contributed by atoms with Crippen LogP contribution in [0.1, 0.15) is 16.7 Å². The minimum atomic E-state index is -4.45. The summed E-state index contributed by atoms with van der Waals surface area (Å²) >= 11 is 0. The van der Waals surface area contributed by atoms with Crippen LogP contribution in [0.15, 0.2) is 42.7 Å². The first kappa shape index (κ1) is 15.3. The number of aromatic nitrogens is 1. The Hall–Kier alpha value is -2.08. The predicted octanol–water partition coefficient (Wildman–Crippen LogP) is 3.40. The van der Waals surface area contributed by atoms with Gasteiger partial charge in [0.05, 0.1) is 5.56 Å². The van der Waals surface area contributed by atoms with E-state index in [9.17, 15) is 13.2 Å². The molecule has 0 atom stereocenters. The van der Waals surface area contributed by atoms with Gasteiger partial charge in [-0.1, -0.05) is 12.1 Å². The summed E-state index contributed by atoms with van der Waals surface area (Å²) in [6.07, 6.45) is -1.30. The summed E-state index contributed by atoms with van der Waals surface area (Å²) in [4.78, 5) is 3.90. The van der Waals surface area contributed by atoms with Crippen LogP contribution in [0.3, 0.4) is 0 Å². The van der Waals surface area contributed by atoms with Crippen LogP contribution in [-0.4, -0.2) is 12.0 Å². The second-order valence-corrected chi connectivity index (χ2v) is 4.51. The number of pyridine rings is 1. The maximum atomic E-state index is 13.1. The lowest BCUT2D eigenvalue weighted by Gasteiger charge is -2.15. The maximum Gasteiger partial charge on any atom is 0.419 e. The number of hydrogen-bond acceptors (Lipinski definition) is 3. The van der Waals surface area contributed by atoms with Crippen LogP contribution in [0.4, 0.5) is 13.2 Å². The molecule has 0 aliphatic heterocycles. The summed E-state index contributed by atoms with van der Waals surface area (Å²) < 4.78 is 44.5. The minimum Gasteiger partial charge on any atom is -0.488 e. The minimum absolute atomic E-state index is 0.0439. The van der Waals surface area contributed by atoms with Gasteiger partial charge in [0, 0.05) is 24.5 Å². The summed E-state index contributed by atoms with van der Waals surface area (Å²) in [6.45, 7) is 0.411. The molecule has 0 aliphatic carbocycles. The van der Waals surface area contributed by atoms with Gasteiger partial charge in [-0.25, -0.2) is 0 Å². The zero-order chi connectivity index (χ0) is 15.3. The summed E-state index contributed by atoms with van der Waals surface area (Å²) in [7, 11) is 1.68. The molecule has 1 N–H and O–H groups in total. The van der Waals surface area contributed by atoms with Crippen molar-refractivity contribution in [2.75, 3.05) is 7.05 Å². The Bertz CT molecular complexity index is 585. The molecule has 2 aromatic rings. The number of halogens is 3.